The normalized spacial score (nSPS) is 16.3. The van der Waals surface area contributed by atoms with Gasteiger partial charge in [0.1, 0.15) is 10.7 Å². The van der Waals surface area contributed by atoms with E-state index in [1.807, 2.05) is 0 Å². The van der Waals surface area contributed by atoms with Gasteiger partial charge < -0.3 is 9.32 Å². The van der Waals surface area contributed by atoms with Gasteiger partial charge in [0.25, 0.3) is 0 Å². The average Bonchev–Trinajstić information content (AvgIpc) is 3.15. The summed E-state index contributed by atoms with van der Waals surface area (Å²) in [4.78, 5) is 13.8. The fraction of sp³-hybridized carbons (Fsp3) is 0.235. The molecule has 1 amide bonds. The van der Waals surface area contributed by atoms with E-state index in [-0.39, 0.29) is 28.9 Å². The van der Waals surface area contributed by atoms with Gasteiger partial charge in [0.2, 0.25) is 15.9 Å². The first-order chi connectivity index (χ1) is 12.4. The summed E-state index contributed by atoms with van der Waals surface area (Å²) in [6.45, 7) is 0.953. The van der Waals surface area contributed by atoms with Crippen molar-refractivity contribution in [3.8, 4) is 0 Å². The molecule has 138 valence electrons. The van der Waals surface area contributed by atoms with E-state index >= 15 is 0 Å². The highest BCUT2D eigenvalue weighted by molar-refractivity contribution is 7.89. The molecule has 3 rings (SSSR count). The van der Waals surface area contributed by atoms with Crippen LogP contribution < -0.4 is 0 Å². The topological polar surface area (TPSA) is 70.8 Å². The third kappa shape index (κ3) is 4.12. The van der Waals surface area contributed by atoms with Gasteiger partial charge in [0, 0.05) is 37.3 Å². The lowest BCUT2D eigenvalue weighted by Gasteiger charge is -2.33. The van der Waals surface area contributed by atoms with Crippen molar-refractivity contribution in [2.45, 2.75) is 4.90 Å². The summed E-state index contributed by atoms with van der Waals surface area (Å²) in [5.41, 5.74) is 0. The molecule has 1 fully saturated rings. The Kier molecular flexibility index (Phi) is 5.72. The second-order valence-corrected chi connectivity index (χ2v) is 8.40. The van der Waals surface area contributed by atoms with Crippen LogP contribution in [0.2, 0.25) is 10.0 Å². The van der Waals surface area contributed by atoms with Gasteiger partial charge >= 0.3 is 0 Å². The van der Waals surface area contributed by atoms with E-state index in [2.05, 4.69) is 0 Å². The van der Waals surface area contributed by atoms with Gasteiger partial charge in [-0.15, -0.1) is 0 Å². The number of halogens is 2. The largest absolute Gasteiger partial charge is 0.465 e. The summed E-state index contributed by atoms with van der Waals surface area (Å²) in [6, 6.07) is 7.79. The molecule has 2 aromatic rings. The van der Waals surface area contributed by atoms with E-state index in [1.165, 1.54) is 34.8 Å². The van der Waals surface area contributed by atoms with Crippen LogP contribution in [-0.4, -0.2) is 49.7 Å². The maximum Gasteiger partial charge on any atom is 0.246 e. The third-order valence-corrected chi connectivity index (χ3v) is 6.61. The Balaban J connectivity index is 1.66. The predicted molar refractivity (Wildman–Crippen MR) is 99.5 cm³/mol. The summed E-state index contributed by atoms with van der Waals surface area (Å²) in [7, 11) is -3.77. The molecule has 0 spiro atoms. The van der Waals surface area contributed by atoms with E-state index in [0.717, 1.165) is 0 Å². The molecule has 1 saturated heterocycles. The number of hydrogen-bond donors (Lipinski definition) is 0. The van der Waals surface area contributed by atoms with Gasteiger partial charge in [-0.3, -0.25) is 4.79 Å². The van der Waals surface area contributed by atoms with Gasteiger partial charge in [-0.1, -0.05) is 23.2 Å². The van der Waals surface area contributed by atoms with Crippen LogP contribution in [0.25, 0.3) is 6.08 Å². The minimum Gasteiger partial charge on any atom is -0.465 e. The van der Waals surface area contributed by atoms with E-state index in [1.54, 1.807) is 23.1 Å². The Hall–Kier alpha value is -1.80. The zero-order chi connectivity index (χ0) is 18.7. The van der Waals surface area contributed by atoms with Gasteiger partial charge in [-0.25, -0.2) is 8.42 Å². The number of furan rings is 1. The molecular formula is C17H16Cl2N2O4S. The fourth-order valence-corrected chi connectivity index (χ4v) is 4.77. The van der Waals surface area contributed by atoms with Crippen LogP contribution in [0.4, 0.5) is 0 Å². The first-order valence-electron chi connectivity index (χ1n) is 7.83. The van der Waals surface area contributed by atoms with Crippen molar-refractivity contribution in [3.05, 3.63) is 58.5 Å². The van der Waals surface area contributed by atoms with Gasteiger partial charge in [0.15, 0.2) is 0 Å². The van der Waals surface area contributed by atoms with E-state index < -0.39 is 10.0 Å². The van der Waals surface area contributed by atoms with Crippen LogP contribution in [0.15, 0.2) is 52.0 Å². The molecule has 0 bridgehead atoms. The van der Waals surface area contributed by atoms with Crippen LogP contribution >= 0.6 is 23.2 Å². The monoisotopic (exact) mass is 414 g/mol. The van der Waals surface area contributed by atoms with Crippen LogP contribution in [0.5, 0.6) is 0 Å². The summed E-state index contributed by atoms with van der Waals surface area (Å²) in [5, 5.41) is 0.416. The fourth-order valence-electron chi connectivity index (χ4n) is 2.61. The number of amides is 1. The highest BCUT2D eigenvalue weighted by Crippen LogP contribution is 2.28. The minimum absolute atomic E-state index is 0.0239. The first kappa shape index (κ1) is 19.0. The summed E-state index contributed by atoms with van der Waals surface area (Å²) in [5.74, 6) is 0.384. The molecule has 1 aliphatic heterocycles. The zero-order valence-corrected chi connectivity index (χ0v) is 16.0. The van der Waals surface area contributed by atoms with E-state index in [0.29, 0.717) is 23.9 Å². The molecule has 0 radical (unpaired) electrons. The number of carbonyl (C=O) groups is 1. The van der Waals surface area contributed by atoms with Crippen LogP contribution in [0.3, 0.4) is 0 Å². The molecule has 0 aliphatic carbocycles. The van der Waals surface area contributed by atoms with E-state index in [9.17, 15) is 13.2 Å². The van der Waals surface area contributed by atoms with Gasteiger partial charge in [-0.2, -0.15) is 4.31 Å². The summed E-state index contributed by atoms with van der Waals surface area (Å²) >= 11 is 11.9. The standard InChI is InChI=1S/C17H16Cl2N2O4S/c18-13-3-5-15(19)16(12-13)26(23,24)21-9-7-20(8-10-21)17(22)6-4-14-2-1-11-25-14/h1-6,11-12H,7-10H2/b6-4+. The Labute approximate surface area is 161 Å². The molecule has 0 atom stereocenters. The quantitative estimate of drug-likeness (QED) is 0.720. The maximum atomic E-state index is 12.8. The number of nitrogens with zero attached hydrogens (tertiary/aromatic N) is 2. The van der Waals surface area contributed by atoms with Crippen LogP contribution in [0, 0.1) is 0 Å². The van der Waals surface area contributed by atoms with Gasteiger partial charge in [-0.05, 0) is 36.4 Å². The molecule has 1 aromatic carbocycles. The van der Waals surface area contributed by atoms with Crippen molar-refractivity contribution < 1.29 is 17.6 Å². The summed E-state index contributed by atoms with van der Waals surface area (Å²) in [6.07, 6.45) is 4.52. The van der Waals surface area contributed by atoms with Crippen molar-refractivity contribution in [3.63, 3.8) is 0 Å². The molecule has 9 heteroatoms. The lowest BCUT2D eigenvalue weighted by atomic mass is 10.3. The lowest BCUT2D eigenvalue weighted by molar-refractivity contribution is -0.127. The molecule has 0 N–H and O–H groups in total. The molecular weight excluding hydrogens is 399 g/mol. The van der Waals surface area contributed by atoms with Crippen LogP contribution in [-0.2, 0) is 14.8 Å². The third-order valence-electron chi connectivity index (χ3n) is 3.99. The molecule has 1 aromatic heterocycles. The Morgan fingerprint density at radius 1 is 1.12 bits per heavy atom. The Morgan fingerprint density at radius 2 is 1.85 bits per heavy atom. The molecule has 26 heavy (non-hydrogen) atoms. The number of sulfonamides is 1. The average molecular weight is 415 g/mol. The number of hydrogen-bond acceptors (Lipinski definition) is 4. The summed E-state index contributed by atoms with van der Waals surface area (Å²) < 4.78 is 32.0. The highest BCUT2D eigenvalue weighted by Gasteiger charge is 2.31. The van der Waals surface area contributed by atoms with Crippen molar-refractivity contribution in [2.75, 3.05) is 26.2 Å². The lowest BCUT2D eigenvalue weighted by Crippen LogP contribution is -2.50. The van der Waals surface area contributed by atoms with Crippen molar-refractivity contribution >= 4 is 45.2 Å². The van der Waals surface area contributed by atoms with Crippen molar-refractivity contribution in [2.24, 2.45) is 0 Å². The zero-order valence-electron chi connectivity index (χ0n) is 13.6. The molecule has 0 unspecified atom stereocenters. The molecule has 1 aliphatic rings. The Morgan fingerprint density at radius 3 is 2.50 bits per heavy atom. The number of rotatable bonds is 4. The number of benzene rings is 1. The van der Waals surface area contributed by atoms with Crippen LogP contribution in [0.1, 0.15) is 5.76 Å². The molecule has 6 nitrogen and oxygen atoms in total. The molecule has 0 saturated carbocycles. The second-order valence-electron chi connectivity index (χ2n) is 5.65. The maximum absolute atomic E-state index is 12.8. The molecule has 2 heterocycles. The number of piperazine rings is 1. The van der Waals surface area contributed by atoms with Crippen molar-refractivity contribution in [1.29, 1.82) is 0 Å². The highest BCUT2D eigenvalue weighted by atomic mass is 35.5. The minimum atomic E-state index is -3.77. The first-order valence-corrected chi connectivity index (χ1v) is 10.0. The SMILES string of the molecule is O=C(/C=C/c1ccco1)N1CCN(S(=O)(=O)c2cc(Cl)ccc2Cl)CC1. The smallest absolute Gasteiger partial charge is 0.246 e. The second kappa shape index (κ2) is 7.84. The predicted octanol–water partition coefficient (Wildman–Crippen LogP) is 3.13. The van der Waals surface area contributed by atoms with Gasteiger partial charge in [0.05, 0.1) is 11.3 Å². The Bertz CT molecular complexity index is 918. The van der Waals surface area contributed by atoms with E-state index in [4.69, 9.17) is 27.6 Å². The van der Waals surface area contributed by atoms with Crippen molar-refractivity contribution in [1.82, 2.24) is 9.21 Å². The number of carbonyl (C=O) groups excluding carboxylic acids is 1.